The van der Waals surface area contributed by atoms with Crippen LogP contribution in [0.5, 0.6) is 0 Å². The van der Waals surface area contributed by atoms with Crippen LogP contribution < -0.4 is 0 Å². The molecule has 0 rings (SSSR count). The van der Waals surface area contributed by atoms with Gasteiger partial charge in [-0.25, -0.2) is 0 Å². The molecule has 0 bridgehead atoms. The van der Waals surface area contributed by atoms with Crippen molar-refractivity contribution in [2.75, 3.05) is 13.2 Å². The van der Waals surface area contributed by atoms with Gasteiger partial charge in [0.05, 0.1) is 13.2 Å². The maximum Gasteiger partial charge on any atom is 0.305 e. The standard InChI is InChI=1S/C22H40O4/c1-3-5-6-7-8-9-10-11-12-13-14-17-20-26-22(24)19-16-15-18-21(23)25-4-2/h5-6H,3-4,7-20H2,1-2H3/b6-5+. The van der Waals surface area contributed by atoms with E-state index in [9.17, 15) is 9.59 Å². The molecule has 4 heteroatoms. The van der Waals surface area contributed by atoms with Gasteiger partial charge >= 0.3 is 11.9 Å². The Morgan fingerprint density at radius 1 is 0.654 bits per heavy atom. The molecule has 0 radical (unpaired) electrons. The number of carbonyl (C=O) groups excluding carboxylic acids is 2. The summed E-state index contributed by atoms with van der Waals surface area (Å²) in [4.78, 5) is 22.7. The van der Waals surface area contributed by atoms with E-state index in [1.54, 1.807) is 6.92 Å². The highest BCUT2D eigenvalue weighted by atomic mass is 16.5. The quantitative estimate of drug-likeness (QED) is 0.166. The van der Waals surface area contributed by atoms with Crippen LogP contribution in [0, 0.1) is 0 Å². The van der Waals surface area contributed by atoms with Crippen molar-refractivity contribution in [1.29, 1.82) is 0 Å². The van der Waals surface area contributed by atoms with E-state index in [1.807, 2.05) is 0 Å². The third-order valence-corrected chi connectivity index (χ3v) is 4.25. The van der Waals surface area contributed by atoms with Crippen molar-refractivity contribution >= 4 is 11.9 Å². The molecule has 0 heterocycles. The highest BCUT2D eigenvalue weighted by Gasteiger charge is 2.05. The van der Waals surface area contributed by atoms with E-state index in [0.717, 1.165) is 19.3 Å². The summed E-state index contributed by atoms with van der Waals surface area (Å²) < 4.78 is 10.1. The largest absolute Gasteiger partial charge is 0.466 e. The summed E-state index contributed by atoms with van der Waals surface area (Å²) in [5.41, 5.74) is 0. The van der Waals surface area contributed by atoms with E-state index < -0.39 is 0 Å². The molecule has 0 unspecified atom stereocenters. The van der Waals surface area contributed by atoms with Crippen LogP contribution in [0.1, 0.15) is 104 Å². The van der Waals surface area contributed by atoms with Crippen LogP contribution in [0.25, 0.3) is 0 Å². The number of ether oxygens (including phenoxy) is 2. The van der Waals surface area contributed by atoms with Crippen LogP contribution in [-0.2, 0) is 19.1 Å². The maximum atomic E-state index is 11.6. The SMILES string of the molecule is CC/C=C/CCCCCCCCCCOC(=O)CCCCC(=O)OCC. The van der Waals surface area contributed by atoms with Gasteiger partial charge in [-0.2, -0.15) is 0 Å². The smallest absolute Gasteiger partial charge is 0.305 e. The molecule has 0 spiro atoms. The molecule has 26 heavy (non-hydrogen) atoms. The lowest BCUT2D eigenvalue weighted by atomic mass is 10.1. The topological polar surface area (TPSA) is 52.6 Å². The van der Waals surface area contributed by atoms with Gasteiger partial charge in [-0.15, -0.1) is 0 Å². The number of hydrogen-bond donors (Lipinski definition) is 0. The molecule has 0 aromatic heterocycles. The minimum atomic E-state index is -0.186. The molecule has 0 aliphatic rings. The van der Waals surface area contributed by atoms with Gasteiger partial charge < -0.3 is 9.47 Å². The minimum Gasteiger partial charge on any atom is -0.466 e. The number of rotatable bonds is 18. The highest BCUT2D eigenvalue weighted by Crippen LogP contribution is 2.10. The van der Waals surface area contributed by atoms with Gasteiger partial charge in [-0.3, -0.25) is 9.59 Å². The van der Waals surface area contributed by atoms with Gasteiger partial charge in [-0.1, -0.05) is 57.6 Å². The van der Waals surface area contributed by atoms with E-state index in [-0.39, 0.29) is 11.9 Å². The van der Waals surface area contributed by atoms with Crippen molar-refractivity contribution < 1.29 is 19.1 Å². The van der Waals surface area contributed by atoms with E-state index in [1.165, 1.54) is 44.9 Å². The van der Waals surface area contributed by atoms with Crippen molar-refractivity contribution in [1.82, 2.24) is 0 Å². The summed E-state index contributed by atoms with van der Waals surface area (Å²) in [5.74, 6) is -0.333. The normalized spacial score (nSPS) is 11.0. The van der Waals surface area contributed by atoms with Gasteiger partial charge in [0.25, 0.3) is 0 Å². The molecule has 0 N–H and O–H groups in total. The number of carbonyl (C=O) groups is 2. The number of unbranched alkanes of at least 4 members (excludes halogenated alkanes) is 9. The second kappa shape index (κ2) is 20.0. The first kappa shape index (κ1) is 24.7. The molecule has 0 amide bonds. The van der Waals surface area contributed by atoms with Crippen LogP contribution in [-0.4, -0.2) is 25.2 Å². The summed E-state index contributed by atoms with van der Waals surface area (Å²) in [6.45, 7) is 4.91. The van der Waals surface area contributed by atoms with E-state index in [4.69, 9.17) is 9.47 Å². The average Bonchev–Trinajstić information content (AvgIpc) is 2.63. The lowest BCUT2D eigenvalue weighted by Crippen LogP contribution is -2.07. The van der Waals surface area contributed by atoms with Crippen LogP contribution in [0.2, 0.25) is 0 Å². The molecule has 4 nitrogen and oxygen atoms in total. The monoisotopic (exact) mass is 368 g/mol. The van der Waals surface area contributed by atoms with Crippen molar-refractivity contribution in [2.45, 2.75) is 104 Å². The fourth-order valence-electron chi connectivity index (χ4n) is 2.74. The Balaban J connectivity index is 3.23. The van der Waals surface area contributed by atoms with E-state index in [0.29, 0.717) is 38.9 Å². The van der Waals surface area contributed by atoms with Gasteiger partial charge in [0, 0.05) is 12.8 Å². The van der Waals surface area contributed by atoms with Crippen LogP contribution in [0.3, 0.4) is 0 Å². The van der Waals surface area contributed by atoms with Crippen LogP contribution in [0.15, 0.2) is 12.2 Å². The lowest BCUT2D eigenvalue weighted by Gasteiger charge is -2.05. The predicted octanol–water partition coefficient (Wildman–Crippen LogP) is 6.13. The molecule has 0 aliphatic carbocycles. The Morgan fingerprint density at radius 3 is 1.77 bits per heavy atom. The first-order valence-corrected chi connectivity index (χ1v) is 10.7. The van der Waals surface area contributed by atoms with Gasteiger partial charge in [0.1, 0.15) is 0 Å². The lowest BCUT2D eigenvalue weighted by molar-refractivity contribution is -0.145. The minimum absolute atomic E-state index is 0.147. The third-order valence-electron chi connectivity index (χ3n) is 4.25. The summed E-state index contributed by atoms with van der Waals surface area (Å²) >= 11 is 0. The third kappa shape index (κ3) is 19.0. The predicted molar refractivity (Wildman–Crippen MR) is 107 cm³/mol. The Bertz CT molecular complexity index is 363. The molecular formula is C22H40O4. The summed E-state index contributed by atoms with van der Waals surface area (Å²) in [6, 6.07) is 0. The van der Waals surface area contributed by atoms with E-state index >= 15 is 0 Å². The van der Waals surface area contributed by atoms with Crippen molar-refractivity contribution in [3.63, 3.8) is 0 Å². The molecule has 0 saturated heterocycles. The number of allylic oxidation sites excluding steroid dienone is 2. The maximum absolute atomic E-state index is 11.6. The fourth-order valence-corrected chi connectivity index (χ4v) is 2.74. The Morgan fingerprint density at radius 2 is 1.19 bits per heavy atom. The molecule has 0 atom stereocenters. The Kier molecular flexibility index (Phi) is 19.0. The number of esters is 2. The van der Waals surface area contributed by atoms with E-state index in [2.05, 4.69) is 19.1 Å². The van der Waals surface area contributed by atoms with Crippen LogP contribution >= 0.6 is 0 Å². The first-order valence-electron chi connectivity index (χ1n) is 10.7. The average molecular weight is 369 g/mol. The zero-order chi connectivity index (χ0) is 19.3. The first-order chi connectivity index (χ1) is 12.7. The molecule has 0 fully saturated rings. The summed E-state index contributed by atoms with van der Waals surface area (Å²) in [5, 5.41) is 0. The molecule has 152 valence electrons. The molecule has 0 aliphatic heterocycles. The van der Waals surface area contributed by atoms with Gasteiger partial charge in [0.15, 0.2) is 0 Å². The second-order valence-electron chi connectivity index (χ2n) is 6.73. The van der Waals surface area contributed by atoms with Crippen molar-refractivity contribution in [2.24, 2.45) is 0 Å². The van der Waals surface area contributed by atoms with Crippen LogP contribution in [0.4, 0.5) is 0 Å². The Hall–Kier alpha value is -1.32. The molecule has 0 saturated carbocycles. The molecular weight excluding hydrogens is 328 g/mol. The van der Waals surface area contributed by atoms with Gasteiger partial charge in [-0.05, 0) is 45.4 Å². The van der Waals surface area contributed by atoms with Crippen molar-refractivity contribution in [3.8, 4) is 0 Å². The molecule has 0 aromatic rings. The summed E-state index contributed by atoms with van der Waals surface area (Å²) in [6.07, 6.45) is 19.0. The van der Waals surface area contributed by atoms with Crippen molar-refractivity contribution in [3.05, 3.63) is 12.2 Å². The zero-order valence-electron chi connectivity index (χ0n) is 17.1. The number of hydrogen-bond acceptors (Lipinski definition) is 4. The second-order valence-corrected chi connectivity index (χ2v) is 6.73. The molecule has 0 aromatic carbocycles. The summed E-state index contributed by atoms with van der Waals surface area (Å²) in [7, 11) is 0. The van der Waals surface area contributed by atoms with Gasteiger partial charge in [0.2, 0.25) is 0 Å². The zero-order valence-corrected chi connectivity index (χ0v) is 17.1. The fraction of sp³-hybridized carbons (Fsp3) is 0.818. The Labute approximate surface area is 160 Å². The highest BCUT2D eigenvalue weighted by molar-refractivity contribution is 5.70.